The van der Waals surface area contributed by atoms with Gasteiger partial charge in [-0.2, -0.15) is 0 Å². The molecule has 0 aliphatic heterocycles. The number of methoxy groups -OCH3 is 1. The van der Waals surface area contributed by atoms with Crippen LogP contribution in [0.15, 0.2) is 12.1 Å². The minimum atomic E-state index is -0.858. The molecule has 1 aromatic carbocycles. The van der Waals surface area contributed by atoms with E-state index in [0.717, 1.165) is 22.4 Å². The van der Waals surface area contributed by atoms with E-state index in [1.165, 1.54) is 0 Å². The Morgan fingerprint density at radius 2 is 2.12 bits per heavy atom. The molecule has 0 amide bonds. The zero-order valence-electron chi connectivity index (χ0n) is 9.83. The highest BCUT2D eigenvalue weighted by Crippen LogP contribution is 2.24. The van der Waals surface area contributed by atoms with Crippen LogP contribution < -0.4 is 10.1 Å². The predicted molar refractivity (Wildman–Crippen MR) is 61.8 cm³/mol. The molecular weight excluding hydrogens is 206 g/mol. The van der Waals surface area contributed by atoms with Gasteiger partial charge in [0.05, 0.1) is 13.7 Å². The van der Waals surface area contributed by atoms with Crippen molar-refractivity contribution in [1.29, 1.82) is 0 Å². The predicted octanol–water partition coefficient (Wildman–Crippen LogP) is 1.49. The normalized spacial score (nSPS) is 10.2. The van der Waals surface area contributed by atoms with Gasteiger partial charge in [0, 0.05) is 12.1 Å². The summed E-state index contributed by atoms with van der Waals surface area (Å²) in [5.74, 6) is -0.0353. The second-order valence-electron chi connectivity index (χ2n) is 3.77. The molecular formula is C12H17NO3. The van der Waals surface area contributed by atoms with Crippen molar-refractivity contribution in [2.75, 3.05) is 13.7 Å². The maximum Gasteiger partial charge on any atom is 0.317 e. The SMILES string of the molecule is COc1c(C)cc(C)cc1CNCC(=O)O. The summed E-state index contributed by atoms with van der Waals surface area (Å²) in [6, 6.07) is 4.04. The number of ether oxygens (including phenoxy) is 1. The highest BCUT2D eigenvalue weighted by molar-refractivity contribution is 5.69. The Kier molecular flexibility index (Phi) is 4.31. The average Bonchev–Trinajstić information content (AvgIpc) is 2.16. The number of aliphatic carboxylic acids is 1. The van der Waals surface area contributed by atoms with E-state index < -0.39 is 5.97 Å². The summed E-state index contributed by atoms with van der Waals surface area (Å²) in [7, 11) is 1.62. The maximum absolute atomic E-state index is 10.4. The van der Waals surface area contributed by atoms with Gasteiger partial charge in [0.25, 0.3) is 0 Å². The standard InChI is InChI=1S/C12H17NO3/c1-8-4-9(2)12(16-3)10(5-8)6-13-7-11(14)15/h4-5,13H,6-7H2,1-3H3,(H,14,15). The van der Waals surface area contributed by atoms with Crippen molar-refractivity contribution in [2.45, 2.75) is 20.4 Å². The van der Waals surface area contributed by atoms with Crippen molar-refractivity contribution in [1.82, 2.24) is 5.32 Å². The van der Waals surface area contributed by atoms with Gasteiger partial charge >= 0.3 is 5.97 Å². The van der Waals surface area contributed by atoms with Gasteiger partial charge in [-0.15, -0.1) is 0 Å². The summed E-state index contributed by atoms with van der Waals surface area (Å²) in [6.45, 7) is 4.44. The Bertz CT molecular complexity index is 388. The first-order chi connectivity index (χ1) is 7.54. The Labute approximate surface area is 95.2 Å². The molecule has 0 radical (unpaired) electrons. The van der Waals surface area contributed by atoms with Crippen molar-refractivity contribution in [3.05, 3.63) is 28.8 Å². The Balaban J connectivity index is 2.81. The third kappa shape index (κ3) is 3.24. The molecule has 0 aliphatic rings. The number of hydrogen-bond donors (Lipinski definition) is 2. The van der Waals surface area contributed by atoms with Gasteiger partial charge in [0.1, 0.15) is 5.75 Å². The maximum atomic E-state index is 10.4. The molecule has 0 saturated carbocycles. The molecule has 2 N–H and O–H groups in total. The van der Waals surface area contributed by atoms with E-state index in [1.54, 1.807) is 7.11 Å². The fraction of sp³-hybridized carbons (Fsp3) is 0.417. The average molecular weight is 223 g/mol. The van der Waals surface area contributed by atoms with Crippen LogP contribution in [0.1, 0.15) is 16.7 Å². The molecule has 0 heterocycles. The largest absolute Gasteiger partial charge is 0.496 e. The Morgan fingerprint density at radius 1 is 1.44 bits per heavy atom. The van der Waals surface area contributed by atoms with Gasteiger partial charge in [-0.1, -0.05) is 17.7 Å². The molecule has 16 heavy (non-hydrogen) atoms. The monoisotopic (exact) mass is 223 g/mol. The Morgan fingerprint density at radius 3 is 2.69 bits per heavy atom. The second kappa shape index (κ2) is 5.51. The number of carbonyl (C=O) groups is 1. The highest BCUT2D eigenvalue weighted by atomic mass is 16.5. The van der Waals surface area contributed by atoms with E-state index in [2.05, 4.69) is 5.32 Å². The lowest BCUT2D eigenvalue weighted by molar-refractivity contribution is -0.135. The molecule has 0 unspecified atom stereocenters. The molecule has 4 nitrogen and oxygen atoms in total. The third-order valence-electron chi connectivity index (χ3n) is 2.29. The van der Waals surface area contributed by atoms with Crippen LogP contribution in [0, 0.1) is 13.8 Å². The van der Waals surface area contributed by atoms with Crippen molar-refractivity contribution in [2.24, 2.45) is 0 Å². The lowest BCUT2D eigenvalue weighted by Gasteiger charge is -2.12. The van der Waals surface area contributed by atoms with Gasteiger partial charge < -0.3 is 15.2 Å². The van der Waals surface area contributed by atoms with Crippen molar-refractivity contribution in [3.63, 3.8) is 0 Å². The van der Waals surface area contributed by atoms with Crippen LogP contribution >= 0.6 is 0 Å². The smallest absolute Gasteiger partial charge is 0.317 e. The van der Waals surface area contributed by atoms with Crippen molar-refractivity contribution >= 4 is 5.97 Å². The number of carboxylic acids is 1. The summed E-state index contributed by atoms with van der Waals surface area (Å²) in [5.41, 5.74) is 3.20. The van der Waals surface area contributed by atoms with Crippen molar-refractivity contribution < 1.29 is 14.6 Å². The summed E-state index contributed by atoms with van der Waals surface area (Å²) in [5, 5.41) is 11.4. The molecule has 88 valence electrons. The number of benzene rings is 1. The van der Waals surface area contributed by atoms with E-state index in [1.807, 2.05) is 26.0 Å². The van der Waals surface area contributed by atoms with Crippen molar-refractivity contribution in [3.8, 4) is 5.75 Å². The topological polar surface area (TPSA) is 58.6 Å². The molecule has 4 heteroatoms. The summed E-state index contributed by atoms with van der Waals surface area (Å²) in [4.78, 5) is 10.4. The molecule has 0 spiro atoms. The fourth-order valence-corrected chi connectivity index (χ4v) is 1.77. The number of hydrogen-bond acceptors (Lipinski definition) is 3. The number of aryl methyl sites for hydroxylation is 2. The van der Waals surface area contributed by atoms with Crippen LogP contribution in [-0.2, 0) is 11.3 Å². The van der Waals surface area contributed by atoms with Gasteiger partial charge in [0.2, 0.25) is 0 Å². The molecule has 0 aliphatic carbocycles. The van der Waals surface area contributed by atoms with Crippen LogP contribution in [0.5, 0.6) is 5.75 Å². The van der Waals surface area contributed by atoms with Crippen LogP contribution in [0.2, 0.25) is 0 Å². The van der Waals surface area contributed by atoms with Crippen LogP contribution in [0.3, 0.4) is 0 Å². The summed E-state index contributed by atoms with van der Waals surface area (Å²) < 4.78 is 5.30. The molecule has 0 atom stereocenters. The molecule has 1 aromatic rings. The van der Waals surface area contributed by atoms with Gasteiger partial charge in [-0.05, 0) is 19.4 Å². The first kappa shape index (κ1) is 12.5. The molecule has 0 aromatic heterocycles. The number of nitrogens with one attached hydrogen (secondary N) is 1. The van der Waals surface area contributed by atoms with Crippen LogP contribution in [0.4, 0.5) is 0 Å². The molecule has 1 rings (SSSR count). The third-order valence-corrected chi connectivity index (χ3v) is 2.29. The zero-order valence-corrected chi connectivity index (χ0v) is 9.83. The van der Waals surface area contributed by atoms with E-state index in [0.29, 0.717) is 6.54 Å². The highest BCUT2D eigenvalue weighted by Gasteiger charge is 2.07. The van der Waals surface area contributed by atoms with E-state index in [4.69, 9.17) is 9.84 Å². The van der Waals surface area contributed by atoms with Gasteiger partial charge in [0.15, 0.2) is 0 Å². The summed E-state index contributed by atoms with van der Waals surface area (Å²) in [6.07, 6.45) is 0. The molecule has 0 bridgehead atoms. The first-order valence-corrected chi connectivity index (χ1v) is 5.11. The first-order valence-electron chi connectivity index (χ1n) is 5.11. The molecule has 0 saturated heterocycles. The minimum absolute atomic E-state index is 0.0455. The summed E-state index contributed by atoms with van der Waals surface area (Å²) >= 11 is 0. The van der Waals surface area contributed by atoms with E-state index in [-0.39, 0.29) is 6.54 Å². The number of rotatable bonds is 5. The number of carboxylic acid groups (broad SMARTS) is 1. The van der Waals surface area contributed by atoms with Crippen LogP contribution in [-0.4, -0.2) is 24.7 Å². The lowest BCUT2D eigenvalue weighted by Crippen LogP contribution is -2.22. The zero-order chi connectivity index (χ0) is 12.1. The van der Waals surface area contributed by atoms with Gasteiger partial charge in [-0.25, -0.2) is 0 Å². The Hall–Kier alpha value is -1.55. The van der Waals surface area contributed by atoms with Crippen LogP contribution in [0.25, 0.3) is 0 Å². The quantitative estimate of drug-likeness (QED) is 0.794. The second-order valence-corrected chi connectivity index (χ2v) is 3.77. The molecule has 0 fully saturated rings. The minimum Gasteiger partial charge on any atom is -0.496 e. The van der Waals surface area contributed by atoms with E-state index >= 15 is 0 Å². The van der Waals surface area contributed by atoms with Gasteiger partial charge in [-0.3, -0.25) is 4.79 Å². The lowest BCUT2D eigenvalue weighted by atomic mass is 10.1. The van der Waals surface area contributed by atoms with E-state index in [9.17, 15) is 4.79 Å². The fourth-order valence-electron chi connectivity index (χ4n) is 1.77.